The van der Waals surface area contributed by atoms with E-state index >= 15 is 0 Å². The molecule has 0 heterocycles. The number of nitrogens with zero attached hydrogens (tertiary/aromatic N) is 1. The van der Waals surface area contributed by atoms with Gasteiger partial charge in [0, 0.05) is 13.0 Å². The van der Waals surface area contributed by atoms with Crippen LogP contribution < -0.4 is 5.32 Å². The van der Waals surface area contributed by atoms with Crippen LogP contribution in [0, 0.1) is 17.1 Å². The number of nitrogens with one attached hydrogen (secondary N) is 1. The van der Waals surface area contributed by atoms with Crippen molar-refractivity contribution in [1.82, 2.24) is 5.32 Å². The molecule has 0 unspecified atom stereocenters. The third-order valence-electron chi connectivity index (χ3n) is 2.07. The Morgan fingerprint density at radius 2 is 2.06 bits per heavy atom. The number of hydrogen-bond acceptors (Lipinski definition) is 2. The highest BCUT2D eigenvalue weighted by molar-refractivity contribution is 5.78. The highest BCUT2D eigenvalue weighted by Crippen LogP contribution is 2.03. The predicted octanol–water partition coefficient (Wildman–Crippen LogP) is 1.79. The van der Waals surface area contributed by atoms with E-state index in [4.69, 9.17) is 5.26 Å². The van der Waals surface area contributed by atoms with E-state index in [-0.39, 0.29) is 18.1 Å². The molecule has 0 saturated carbocycles. The topological polar surface area (TPSA) is 52.9 Å². The molecule has 0 aliphatic heterocycles. The van der Waals surface area contributed by atoms with E-state index in [2.05, 4.69) is 5.32 Å². The van der Waals surface area contributed by atoms with Gasteiger partial charge in [-0.15, -0.1) is 0 Å². The Hall–Kier alpha value is -1.89. The van der Waals surface area contributed by atoms with Gasteiger partial charge in [0.25, 0.3) is 0 Å². The third kappa shape index (κ3) is 4.56. The van der Waals surface area contributed by atoms with Crippen molar-refractivity contribution in [3.05, 3.63) is 35.6 Å². The molecule has 1 aromatic rings. The second kappa shape index (κ2) is 6.57. The lowest BCUT2D eigenvalue weighted by Gasteiger charge is -2.03. The summed E-state index contributed by atoms with van der Waals surface area (Å²) in [5, 5.41) is 11.0. The van der Waals surface area contributed by atoms with E-state index in [1.165, 1.54) is 12.1 Å². The molecule has 16 heavy (non-hydrogen) atoms. The minimum Gasteiger partial charge on any atom is -0.356 e. The van der Waals surface area contributed by atoms with E-state index in [0.29, 0.717) is 19.4 Å². The number of carbonyl (C=O) groups is 1. The summed E-state index contributed by atoms with van der Waals surface area (Å²) in [4.78, 5) is 11.4. The molecule has 0 saturated heterocycles. The van der Waals surface area contributed by atoms with E-state index in [1.807, 2.05) is 6.07 Å². The van der Waals surface area contributed by atoms with Gasteiger partial charge in [-0.1, -0.05) is 12.1 Å². The Morgan fingerprint density at radius 3 is 2.69 bits per heavy atom. The molecule has 0 fully saturated rings. The summed E-state index contributed by atoms with van der Waals surface area (Å²) in [6, 6.07) is 7.84. The van der Waals surface area contributed by atoms with Gasteiger partial charge in [0.05, 0.1) is 12.5 Å². The van der Waals surface area contributed by atoms with Gasteiger partial charge in [-0.05, 0) is 24.1 Å². The molecular formula is C12H13FN2O. The van der Waals surface area contributed by atoms with Crippen LogP contribution in [0.15, 0.2) is 24.3 Å². The first-order valence-electron chi connectivity index (χ1n) is 5.10. The number of halogens is 1. The van der Waals surface area contributed by atoms with Gasteiger partial charge < -0.3 is 5.32 Å². The lowest BCUT2D eigenvalue weighted by atomic mass is 10.1. The highest BCUT2D eigenvalue weighted by atomic mass is 19.1. The molecular weight excluding hydrogens is 207 g/mol. The zero-order chi connectivity index (χ0) is 11.8. The molecule has 1 aromatic carbocycles. The third-order valence-corrected chi connectivity index (χ3v) is 2.07. The molecule has 1 amide bonds. The monoisotopic (exact) mass is 220 g/mol. The Kier molecular flexibility index (Phi) is 5.00. The molecule has 3 nitrogen and oxygen atoms in total. The molecule has 0 aliphatic carbocycles. The van der Waals surface area contributed by atoms with Crippen molar-refractivity contribution in [3.8, 4) is 6.07 Å². The number of hydrogen-bond donors (Lipinski definition) is 1. The molecule has 4 heteroatoms. The normalized spacial score (nSPS) is 9.50. The molecule has 1 rings (SSSR count). The van der Waals surface area contributed by atoms with Crippen molar-refractivity contribution in [1.29, 1.82) is 5.26 Å². The van der Waals surface area contributed by atoms with Gasteiger partial charge in [0.1, 0.15) is 5.82 Å². The molecule has 0 bridgehead atoms. The Balaban J connectivity index is 2.29. The average molecular weight is 220 g/mol. The minimum atomic E-state index is -0.307. The maximum atomic E-state index is 12.6. The van der Waals surface area contributed by atoms with Crippen LogP contribution in [0.3, 0.4) is 0 Å². The molecule has 0 aromatic heterocycles. The molecule has 84 valence electrons. The van der Waals surface area contributed by atoms with Crippen LogP contribution in [0.4, 0.5) is 4.39 Å². The highest BCUT2D eigenvalue weighted by Gasteiger charge is 2.02. The fourth-order valence-corrected chi connectivity index (χ4v) is 1.25. The van der Waals surface area contributed by atoms with Crippen molar-refractivity contribution < 1.29 is 9.18 Å². The van der Waals surface area contributed by atoms with Gasteiger partial charge in [-0.25, -0.2) is 4.39 Å². The van der Waals surface area contributed by atoms with E-state index in [0.717, 1.165) is 5.56 Å². The van der Waals surface area contributed by atoms with Crippen LogP contribution in [0.2, 0.25) is 0 Å². The second-order valence-corrected chi connectivity index (χ2v) is 3.41. The summed E-state index contributed by atoms with van der Waals surface area (Å²) in [7, 11) is 0. The van der Waals surface area contributed by atoms with Crippen molar-refractivity contribution >= 4 is 5.91 Å². The summed E-state index contributed by atoms with van der Waals surface area (Å²) in [6.45, 7) is 0.508. The van der Waals surface area contributed by atoms with Crippen LogP contribution in [-0.2, 0) is 11.2 Å². The van der Waals surface area contributed by atoms with Crippen molar-refractivity contribution in [2.75, 3.05) is 6.54 Å². The summed E-state index contributed by atoms with van der Waals surface area (Å²) in [5.74, 6) is -0.414. The summed E-state index contributed by atoms with van der Waals surface area (Å²) in [5.41, 5.74) is 0.777. The molecule has 0 spiro atoms. The molecule has 1 N–H and O–H groups in total. The number of unbranched alkanes of at least 4 members (excludes halogenated alkanes) is 1. The van der Waals surface area contributed by atoms with Gasteiger partial charge in [-0.3, -0.25) is 4.79 Å². The number of carbonyl (C=O) groups excluding carboxylic acids is 1. The SMILES string of the molecule is N#CCCCNC(=O)Cc1ccc(F)cc1. The number of amides is 1. The Labute approximate surface area is 93.9 Å². The van der Waals surface area contributed by atoms with Crippen LogP contribution in [0.5, 0.6) is 0 Å². The average Bonchev–Trinajstić information content (AvgIpc) is 2.28. The predicted molar refractivity (Wildman–Crippen MR) is 58.0 cm³/mol. The standard InChI is InChI=1S/C12H13FN2O/c13-11-5-3-10(4-6-11)9-12(16)15-8-2-1-7-14/h3-6H,1-2,8-9H2,(H,15,16). The number of rotatable bonds is 5. The zero-order valence-electron chi connectivity index (χ0n) is 8.87. The van der Waals surface area contributed by atoms with Gasteiger partial charge in [-0.2, -0.15) is 5.26 Å². The smallest absolute Gasteiger partial charge is 0.224 e. The minimum absolute atomic E-state index is 0.107. The first kappa shape index (κ1) is 12.2. The fraction of sp³-hybridized carbons (Fsp3) is 0.333. The lowest BCUT2D eigenvalue weighted by Crippen LogP contribution is -2.25. The quantitative estimate of drug-likeness (QED) is 0.769. The maximum Gasteiger partial charge on any atom is 0.224 e. The van der Waals surface area contributed by atoms with E-state index in [9.17, 15) is 9.18 Å². The van der Waals surface area contributed by atoms with Crippen LogP contribution >= 0.6 is 0 Å². The number of nitriles is 1. The van der Waals surface area contributed by atoms with Gasteiger partial charge in [0.15, 0.2) is 0 Å². The molecule has 0 atom stereocenters. The van der Waals surface area contributed by atoms with Gasteiger partial charge >= 0.3 is 0 Å². The largest absolute Gasteiger partial charge is 0.356 e. The Morgan fingerprint density at radius 1 is 1.38 bits per heavy atom. The number of benzene rings is 1. The van der Waals surface area contributed by atoms with E-state index < -0.39 is 0 Å². The summed E-state index contributed by atoms with van der Waals surface area (Å²) >= 11 is 0. The second-order valence-electron chi connectivity index (χ2n) is 3.41. The first-order valence-corrected chi connectivity index (χ1v) is 5.10. The van der Waals surface area contributed by atoms with Gasteiger partial charge in [0.2, 0.25) is 5.91 Å². The summed E-state index contributed by atoms with van der Waals surface area (Å²) in [6.07, 6.45) is 1.34. The first-order chi connectivity index (χ1) is 7.72. The molecule has 0 radical (unpaired) electrons. The van der Waals surface area contributed by atoms with Crippen molar-refractivity contribution in [3.63, 3.8) is 0 Å². The van der Waals surface area contributed by atoms with Crippen molar-refractivity contribution in [2.24, 2.45) is 0 Å². The maximum absolute atomic E-state index is 12.6. The lowest BCUT2D eigenvalue weighted by molar-refractivity contribution is -0.120. The van der Waals surface area contributed by atoms with Crippen molar-refractivity contribution in [2.45, 2.75) is 19.3 Å². The summed E-state index contributed by atoms with van der Waals surface area (Å²) < 4.78 is 12.6. The zero-order valence-corrected chi connectivity index (χ0v) is 8.87. The van der Waals surface area contributed by atoms with Crippen LogP contribution in [0.1, 0.15) is 18.4 Å². The fourth-order valence-electron chi connectivity index (χ4n) is 1.25. The van der Waals surface area contributed by atoms with E-state index in [1.54, 1.807) is 12.1 Å². The molecule has 0 aliphatic rings. The Bertz CT molecular complexity index is 381. The van der Waals surface area contributed by atoms with Crippen LogP contribution in [0.25, 0.3) is 0 Å². The van der Waals surface area contributed by atoms with Crippen LogP contribution in [-0.4, -0.2) is 12.5 Å².